The lowest BCUT2D eigenvalue weighted by Crippen LogP contribution is -2.10. The van der Waals surface area contributed by atoms with Gasteiger partial charge in [-0.1, -0.05) is 22.0 Å². The van der Waals surface area contributed by atoms with E-state index in [2.05, 4.69) is 33.1 Å². The summed E-state index contributed by atoms with van der Waals surface area (Å²) in [5.41, 5.74) is 0.820. The molecule has 16 heavy (non-hydrogen) atoms. The first-order valence-electron chi connectivity index (χ1n) is 5.17. The summed E-state index contributed by atoms with van der Waals surface area (Å²) >= 11 is 3.36. The number of hydrogen-bond acceptors (Lipinski definition) is 1. The lowest BCUT2D eigenvalue weighted by Gasteiger charge is -2.04. The second-order valence-corrected chi connectivity index (χ2v) is 4.25. The van der Waals surface area contributed by atoms with Crippen molar-refractivity contribution in [3.05, 3.63) is 28.7 Å². The molecular weight excluding hydrogens is 266 g/mol. The third-order valence-corrected chi connectivity index (χ3v) is 2.48. The Morgan fingerprint density at radius 1 is 1.50 bits per heavy atom. The first-order chi connectivity index (χ1) is 7.72. The van der Waals surface area contributed by atoms with E-state index < -0.39 is 0 Å². The van der Waals surface area contributed by atoms with Crippen molar-refractivity contribution in [2.45, 2.75) is 26.2 Å². The maximum atomic E-state index is 11.5. The SMILES string of the molecule is CC#CCCCC(=O)Nc1cccc(Br)c1. The van der Waals surface area contributed by atoms with Gasteiger partial charge in [-0.3, -0.25) is 4.79 Å². The Hall–Kier alpha value is -1.27. The number of nitrogens with one attached hydrogen (secondary N) is 1. The van der Waals surface area contributed by atoms with Crippen LogP contribution in [0.25, 0.3) is 0 Å². The van der Waals surface area contributed by atoms with Crippen molar-refractivity contribution in [1.82, 2.24) is 0 Å². The Morgan fingerprint density at radius 2 is 2.31 bits per heavy atom. The highest BCUT2D eigenvalue weighted by molar-refractivity contribution is 9.10. The smallest absolute Gasteiger partial charge is 0.224 e. The molecule has 0 atom stereocenters. The minimum Gasteiger partial charge on any atom is -0.326 e. The minimum atomic E-state index is 0.0380. The maximum Gasteiger partial charge on any atom is 0.224 e. The van der Waals surface area contributed by atoms with Crippen molar-refractivity contribution in [3.8, 4) is 11.8 Å². The van der Waals surface area contributed by atoms with Gasteiger partial charge in [0, 0.05) is 23.0 Å². The molecule has 1 N–H and O–H groups in total. The van der Waals surface area contributed by atoms with Gasteiger partial charge in [0.15, 0.2) is 0 Å². The molecule has 0 saturated carbocycles. The van der Waals surface area contributed by atoms with Crippen molar-refractivity contribution in [1.29, 1.82) is 0 Å². The van der Waals surface area contributed by atoms with Gasteiger partial charge in [0.25, 0.3) is 0 Å². The summed E-state index contributed by atoms with van der Waals surface area (Å²) in [6.45, 7) is 1.81. The zero-order chi connectivity index (χ0) is 11.8. The molecule has 1 rings (SSSR count). The molecule has 0 saturated heterocycles. The molecule has 1 amide bonds. The van der Waals surface area contributed by atoms with Crippen LogP contribution >= 0.6 is 15.9 Å². The second-order valence-electron chi connectivity index (χ2n) is 3.34. The average molecular weight is 280 g/mol. The van der Waals surface area contributed by atoms with Crippen LogP contribution in [-0.4, -0.2) is 5.91 Å². The van der Waals surface area contributed by atoms with E-state index in [1.54, 1.807) is 0 Å². The molecule has 0 unspecified atom stereocenters. The van der Waals surface area contributed by atoms with Gasteiger partial charge in [-0.25, -0.2) is 0 Å². The average Bonchev–Trinajstić information content (AvgIpc) is 2.24. The van der Waals surface area contributed by atoms with E-state index in [1.165, 1.54) is 0 Å². The predicted octanol–water partition coefficient (Wildman–Crippen LogP) is 3.58. The lowest BCUT2D eigenvalue weighted by atomic mass is 10.2. The van der Waals surface area contributed by atoms with Crippen molar-refractivity contribution in [3.63, 3.8) is 0 Å². The normalized spacial score (nSPS) is 9.12. The maximum absolute atomic E-state index is 11.5. The Balaban J connectivity index is 2.36. The number of halogens is 1. The van der Waals surface area contributed by atoms with Crippen LogP contribution in [0.15, 0.2) is 28.7 Å². The number of rotatable bonds is 4. The largest absolute Gasteiger partial charge is 0.326 e. The Morgan fingerprint density at radius 3 is 3.00 bits per heavy atom. The van der Waals surface area contributed by atoms with Gasteiger partial charge in [-0.15, -0.1) is 11.8 Å². The number of carbonyl (C=O) groups excluding carboxylic acids is 1. The fraction of sp³-hybridized carbons (Fsp3) is 0.308. The van der Waals surface area contributed by atoms with Crippen LogP contribution in [0.2, 0.25) is 0 Å². The molecule has 1 aromatic rings. The van der Waals surface area contributed by atoms with E-state index in [-0.39, 0.29) is 5.91 Å². The van der Waals surface area contributed by atoms with Crippen molar-refractivity contribution in [2.24, 2.45) is 0 Å². The molecule has 0 radical (unpaired) electrons. The van der Waals surface area contributed by atoms with Crippen LogP contribution in [0.5, 0.6) is 0 Å². The summed E-state index contributed by atoms with van der Waals surface area (Å²) in [6, 6.07) is 7.56. The Kier molecular flexibility index (Phi) is 5.66. The van der Waals surface area contributed by atoms with E-state index in [4.69, 9.17) is 0 Å². The Labute approximate surface area is 105 Å². The molecule has 0 aliphatic heterocycles. The molecule has 0 spiro atoms. The van der Waals surface area contributed by atoms with Gasteiger partial charge >= 0.3 is 0 Å². The van der Waals surface area contributed by atoms with Gasteiger partial charge in [-0.2, -0.15) is 0 Å². The topological polar surface area (TPSA) is 29.1 Å². The van der Waals surface area contributed by atoms with Gasteiger partial charge < -0.3 is 5.32 Å². The monoisotopic (exact) mass is 279 g/mol. The van der Waals surface area contributed by atoms with Gasteiger partial charge in [-0.05, 0) is 31.5 Å². The molecule has 0 aliphatic rings. The number of hydrogen-bond donors (Lipinski definition) is 1. The number of benzene rings is 1. The summed E-state index contributed by atoms with van der Waals surface area (Å²) in [7, 11) is 0. The van der Waals surface area contributed by atoms with E-state index in [1.807, 2.05) is 31.2 Å². The predicted molar refractivity (Wildman–Crippen MR) is 70.1 cm³/mol. The summed E-state index contributed by atoms with van der Waals surface area (Å²) in [5, 5.41) is 2.84. The summed E-state index contributed by atoms with van der Waals surface area (Å²) in [4.78, 5) is 11.5. The van der Waals surface area contributed by atoms with Crippen LogP contribution in [-0.2, 0) is 4.79 Å². The molecule has 84 valence electrons. The van der Waals surface area contributed by atoms with E-state index in [0.29, 0.717) is 6.42 Å². The van der Waals surface area contributed by atoms with E-state index >= 15 is 0 Å². The zero-order valence-corrected chi connectivity index (χ0v) is 10.8. The van der Waals surface area contributed by atoms with Crippen LogP contribution in [0.1, 0.15) is 26.2 Å². The van der Waals surface area contributed by atoms with E-state index in [9.17, 15) is 4.79 Å². The third kappa shape index (κ3) is 4.99. The van der Waals surface area contributed by atoms with Gasteiger partial charge in [0.1, 0.15) is 0 Å². The first-order valence-corrected chi connectivity index (χ1v) is 5.96. The van der Waals surface area contributed by atoms with Crippen LogP contribution in [0, 0.1) is 11.8 Å². The van der Waals surface area contributed by atoms with Crippen molar-refractivity contribution < 1.29 is 4.79 Å². The number of unbranched alkanes of at least 4 members (excludes halogenated alkanes) is 1. The molecule has 0 heterocycles. The van der Waals surface area contributed by atoms with Crippen LogP contribution in [0.3, 0.4) is 0 Å². The summed E-state index contributed by atoms with van der Waals surface area (Å²) < 4.78 is 0.960. The quantitative estimate of drug-likeness (QED) is 0.663. The molecule has 2 nitrogen and oxygen atoms in total. The molecule has 1 aromatic carbocycles. The molecule has 3 heteroatoms. The zero-order valence-electron chi connectivity index (χ0n) is 9.22. The van der Waals surface area contributed by atoms with E-state index in [0.717, 1.165) is 23.0 Å². The van der Waals surface area contributed by atoms with Crippen LogP contribution in [0.4, 0.5) is 5.69 Å². The van der Waals surface area contributed by atoms with Gasteiger partial charge in [0.2, 0.25) is 5.91 Å². The summed E-state index contributed by atoms with van der Waals surface area (Å²) in [5.74, 6) is 5.79. The number of amides is 1. The summed E-state index contributed by atoms with van der Waals surface area (Å²) in [6.07, 6.45) is 2.10. The van der Waals surface area contributed by atoms with Crippen molar-refractivity contribution >= 4 is 27.5 Å². The Bertz CT molecular complexity index is 417. The van der Waals surface area contributed by atoms with Crippen molar-refractivity contribution in [2.75, 3.05) is 5.32 Å². The standard InChI is InChI=1S/C13H14BrNO/c1-2-3-4-5-9-13(16)15-12-8-6-7-11(14)10-12/h6-8,10H,4-5,9H2,1H3,(H,15,16). The highest BCUT2D eigenvalue weighted by Gasteiger charge is 2.01. The molecule has 0 aliphatic carbocycles. The van der Waals surface area contributed by atoms with Gasteiger partial charge in [0.05, 0.1) is 0 Å². The number of carbonyl (C=O) groups is 1. The first kappa shape index (κ1) is 12.8. The third-order valence-electron chi connectivity index (χ3n) is 1.99. The van der Waals surface area contributed by atoms with Crippen LogP contribution < -0.4 is 5.32 Å². The lowest BCUT2D eigenvalue weighted by molar-refractivity contribution is -0.116. The highest BCUT2D eigenvalue weighted by Crippen LogP contribution is 2.15. The molecule has 0 fully saturated rings. The second kappa shape index (κ2) is 7.08. The molecule has 0 bridgehead atoms. The fourth-order valence-electron chi connectivity index (χ4n) is 1.25. The molecule has 0 aromatic heterocycles. The fourth-order valence-corrected chi connectivity index (χ4v) is 1.65. The molecular formula is C13H14BrNO. The minimum absolute atomic E-state index is 0.0380. The highest BCUT2D eigenvalue weighted by atomic mass is 79.9. The number of anilines is 1.